The molecule has 0 radical (unpaired) electrons. The lowest BCUT2D eigenvalue weighted by atomic mass is 10.1. The predicted octanol–water partition coefficient (Wildman–Crippen LogP) is 10.6. The quantitative estimate of drug-likeness (QED) is 0.122. The lowest BCUT2D eigenvalue weighted by molar-refractivity contribution is 0.174. The molecule has 0 saturated carbocycles. The third kappa shape index (κ3) is 7.80. The Kier molecular flexibility index (Phi) is 11.0. The molecular weight excluding hydrogens is 542 g/mol. The molecule has 0 unspecified atom stereocenters. The number of thiophene rings is 1. The molecule has 0 fully saturated rings. The van der Waals surface area contributed by atoms with Crippen molar-refractivity contribution in [1.82, 2.24) is 0 Å². The third-order valence-electron chi connectivity index (χ3n) is 7.41. The molecule has 0 bridgehead atoms. The normalized spacial score (nSPS) is 12.2. The second-order valence-corrected chi connectivity index (χ2v) is 11.5. The van der Waals surface area contributed by atoms with E-state index in [9.17, 15) is 0 Å². The van der Waals surface area contributed by atoms with E-state index >= 15 is 0 Å². The number of nitrogens with zero attached hydrogens (tertiary/aromatic N) is 1. The van der Waals surface area contributed by atoms with Crippen LogP contribution in [0.4, 0.5) is 17.1 Å². The third-order valence-corrected chi connectivity index (χ3v) is 8.40. The fraction of sp³-hybridized carbons (Fsp3) is 0.389. The summed E-state index contributed by atoms with van der Waals surface area (Å²) < 4.78 is 23.7. The number of ether oxygens (including phenoxy) is 4. The molecule has 0 N–H and O–H groups in total. The maximum Gasteiger partial charge on any atom is 0.179 e. The Morgan fingerprint density at radius 2 is 1.12 bits per heavy atom. The van der Waals surface area contributed by atoms with Gasteiger partial charge in [0.15, 0.2) is 11.5 Å². The van der Waals surface area contributed by atoms with Gasteiger partial charge in [0, 0.05) is 22.4 Å². The molecule has 5 rings (SSSR count). The molecule has 1 aliphatic rings. The van der Waals surface area contributed by atoms with Gasteiger partial charge in [-0.3, -0.25) is 0 Å². The van der Waals surface area contributed by atoms with E-state index in [0.717, 1.165) is 76.6 Å². The Morgan fingerprint density at radius 3 is 1.64 bits per heavy atom. The molecule has 2 heterocycles. The van der Waals surface area contributed by atoms with E-state index in [1.807, 2.05) is 5.38 Å². The molecular formula is C36H43NO4S. The van der Waals surface area contributed by atoms with Crippen molar-refractivity contribution in [3.63, 3.8) is 0 Å². The zero-order valence-electron chi connectivity index (χ0n) is 25.0. The number of hydrogen-bond donors (Lipinski definition) is 0. The van der Waals surface area contributed by atoms with Crippen LogP contribution in [0.1, 0.15) is 65.2 Å². The van der Waals surface area contributed by atoms with E-state index in [2.05, 4.69) is 91.5 Å². The molecule has 3 aromatic carbocycles. The summed E-state index contributed by atoms with van der Waals surface area (Å²) in [5, 5.41) is 2.03. The van der Waals surface area contributed by atoms with Gasteiger partial charge in [0.1, 0.15) is 24.7 Å². The highest BCUT2D eigenvalue weighted by Crippen LogP contribution is 2.46. The van der Waals surface area contributed by atoms with Crippen LogP contribution in [0.5, 0.6) is 23.0 Å². The first-order valence-electron chi connectivity index (χ1n) is 15.5. The van der Waals surface area contributed by atoms with Gasteiger partial charge < -0.3 is 23.8 Å². The molecule has 0 spiro atoms. The minimum Gasteiger partial charge on any atom is -0.494 e. The lowest BCUT2D eigenvalue weighted by Gasteiger charge is -2.26. The van der Waals surface area contributed by atoms with Crippen LogP contribution in [0.25, 0.3) is 10.4 Å². The van der Waals surface area contributed by atoms with Crippen LogP contribution in [0, 0.1) is 0 Å². The molecule has 1 aliphatic heterocycles. The average Bonchev–Trinajstić information content (AvgIpc) is 3.47. The van der Waals surface area contributed by atoms with Crippen LogP contribution in [0.3, 0.4) is 0 Å². The van der Waals surface area contributed by atoms with Crippen LogP contribution >= 0.6 is 11.3 Å². The van der Waals surface area contributed by atoms with Crippen molar-refractivity contribution in [3.05, 3.63) is 78.2 Å². The first-order valence-corrected chi connectivity index (χ1v) is 16.4. The Bertz CT molecular complexity index is 1290. The zero-order chi connectivity index (χ0) is 29.0. The summed E-state index contributed by atoms with van der Waals surface area (Å²) in [7, 11) is 0. The van der Waals surface area contributed by atoms with E-state index in [1.165, 1.54) is 38.5 Å². The number of rotatable bonds is 16. The number of benzene rings is 3. The highest BCUT2D eigenvalue weighted by molar-refractivity contribution is 7.14. The molecule has 42 heavy (non-hydrogen) atoms. The van der Waals surface area contributed by atoms with Gasteiger partial charge in [-0.2, -0.15) is 0 Å². The Morgan fingerprint density at radius 1 is 0.619 bits per heavy atom. The van der Waals surface area contributed by atoms with Crippen molar-refractivity contribution in [2.24, 2.45) is 0 Å². The van der Waals surface area contributed by atoms with E-state index < -0.39 is 0 Å². The molecule has 6 heteroatoms. The van der Waals surface area contributed by atoms with E-state index in [4.69, 9.17) is 18.9 Å². The van der Waals surface area contributed by atoms with E-state index in [-0.39, 0.29) is 0 Å². The summed E-state index contributed by atoms with van der Waals surface area (Å²) in [5.74, 6) is 3.50. The second-order valence-electron chi connectivity index (χ2n) is 10.6. The summed E-state index contributed by atoms with van der Waals surface area (Å²) in [6.45, 7) is 7.15. The molecule has 0 amide bonds. The Labute approximate surface area is 255 Å². The van der Waals surface area contributed by atoms with Crippen LogP contribution in [0.2, 0.25) is 0 Å². The van der Waals surface area contributed by atoms with Crippen molar-refractivity contribution in [1.29, 1.82) is 0 Å². The maximum absolute atomic E-state index is 6.02. The molecule has 0 atom stereocenters. The van der Waals surface area contributed by atoms with Crippen molar-refractivity contribution in [2.45, 2.75) is 65.2 Å². The highest BCUT2D eigenvalue weighted by Gasteiger charge is 2.20. The number of fused-ring (bicyclic) bond motifs is 1. The molecule has 4 aromatic rings. The van der Waals surface area contributed by atoms with Gasteiger partial charge in [0.05, 0.1) is 18.1 Å². The summed E-state index contributed by atoms with van der Waals surface area (Å²) in [6.07, 6.45) is 9.58. The van der Waals surface area contributed by atoms with Crippen LogP contribution in [0.15, 0.2) is 78.2 Å². The van der Waals surface area contributed by atoms with Crippen LogP contribution in [-0.4, -0.2) is 26.4 Å². The summed E-state index contributed by atoms with van der Waals surface area (Å²) in [4.78, 5) is 3.37. The van der Waals surface area contributed by atoms with Crippen molar-refractivity contribution >= 4 is 28.4 Å². The van der Waals surface area contributed by atoms with Gasteiger partial charge in [0.2, 0.25) is 0 Å². The van der Waals surface area contributed by atoms with Crippen molar-refractivity contribution < 1.29 is 18.9 Å². The SMILES string of the molecule is CCCCCCOc1ccc(N(c2ccc(OCCCCCC)cc2)c2ccc(-c3scc4c3OCCO4)cc2)cc1. The van der Waals surface area contributed by atoms with Gasteiger partial charge in [0.25, 0.3) is 0 Å². The minimum absolute atomic E-state index is 0.583. The van der Waals surface area contributed by atoms with Crippen molar-refractivity contribution in [2.75, 3.05) is 31.3 Å². The lowest BCUT2D eigenvalue weighted by Crippen LogP contribution is -2.14. The maximum atomic E-state index is 6.02. The van der Waals surface area contributed by atoms with Crippen LogP contribution in [-0.2, 0) is 0 Å². The number of anilines is 3. The Balaban J connectivity index is 1.35. The Hall–Kier alpha value is -3.64. The topological polar surface area (TPSA) is 40.2 Å². The fourth-order valence-electron chi connectivity index (χ4n) is 5.09. The van der Waals surface area contributed by atoms with Gasteiger partial charge >= 0.3 is 0 Å². The molecule has 0 saturated heterocycles. The van der Waals surface area contributed by atoms with Gasteiger partial charge in [-0.05, 0) is 79.1 Å². The predicted molar refractivity (Wildman–Crippen MR) is 175 cm³/mol. The molecule has 5 nitrogen and oxygen atoms in total. The summed E-state index contributed by atoms with van der Waals surface area (Å²) in [6, 6.07) is 25.5. The zero-order valence-corrected chi connectivity index (χ0v) is 25.8. The van der Waals surface area contributed by atoms with Crippen molar-refractivity contribution in [3.8, 4) is 33.4 Å². The first-order chi connectivity index (χ1) is 20.8. The summed E-state index contributed by atoms with van der Waals surface area (Å²) in [5.41, 5.74) is 4.33. The monoisotopic (exact) mass is 585 g/mol. The molecule has 222 valence electrons. The number of unbranched alkanes of at least 4 members (excludes halogenated alkanes) is 6. The van der Waals surface area contributed by atoms with Gasteiger partial charge in [-0.25, -0.2) is 0 Å². The van der Waals surface area contributed by atoms with Gasteiger partial charge in [-0.15, -0.1) is 11.3 Å². The standard InChI is InChI=1S/C36H43NO4S/c1-3-5-7-9-23-38-32-19-15-30(16-20-32)37(31-17-21-33(22-18-31)39-24-10-8-6-4-2)29-13-11-28(12-14-29)36-35-34(27-42-36)40-25-26-41-35/h11-22,27H,3-10,23-26H2,1-2H3. The fourth-order valence-corrected chi connectivity index (χ4v) is 6.03. The minimum atomic E-state index is 0.583. The largest absolute Gasteiger partial charge is 0.494 e. The molecule has 1 aromatic heterocycles. The van der Waals surface area contributed by atoms with Gasteiger partial charge in [-0.1, -0.05) is 64.5 Å². The smallest absolute Gasteiger partial charge is 0.179 e. The number of hydrogen-bond acceptors (Lipinski definition) is 6. The van der Waals surface area contributed by atoms with Crippen LogP contribution < -0.4 is 23.8 Å². The highest BCUT2D eigenvalue weighted by atomic mass is 32.1. The van der Waals surface area contributed by atoms with E-state index in [1.54, 1.807) is 11.3 Å². The van der Waals surface area contributed by atoms with E-state index in [0.29, 0.717) is 13.2 Å². The average molecular weight is 586 g/mol. The summed E-state index contributed by atoms with van der Waals surface area (Å²) >= 11 is 1.66. The molecule has 0 aliphatic carbocycles. The second kappa shape index (κ2) is 15.5. The first kappa shape index (κ1) is 29.8.